The number of nitrogen functional groups attached to an aromatic ring is 1. The van der Waals surface area contributed by atoms with Crippen molar-refractivity contribution in [3.63, 3.8) is 0 Å². The number of nitrogens with two attached hydrogens (primary N) is 1. The molecule has 3 nitrogen and oxygen atoms in total. The summed E-state index contributed by atoms with van der Waals surface area (Å²) in [5.41, 5.74) is 7.98. The average Bonchev–Trinajstić information content (AvgIpc) is 2.41. The molecule has 0 aliphatic heterocycles. The first-order valence-electron chi connectivity index (χ1n) is 5.83. The second-order valence-corrected chi connectivity index (χ2v) is 4.79. The summed E-state index contributed by atoms with van der Waals surface area (Å²) in [6, 6.07) is 9.80. The minimum atomic E-state index is 0.665. The van der Waals surface area contributed by atoms with E-state index in [9.17, 15) is 0 Å². The van der Waals surface area contributed by atoms with Gasteiger partial charge in [-0.2, -0.15) is 0 Å². The summed E-state index contributed by atoms with van der Waals surface area (Å²) >= 11 is 1.71. The molecule has 0 saturated carbocycles. The van der Waals surface area contributed by atoms with Gasteiger partial charge in [-0.15, -0.1) is 11.8 Å². The van der Waals surface area contributed by atoms with Crippen molar-refractivity contribution in [3.05, 3.63) is 48.3 Å². The average molecular weight is 260 g/mol. The maximum atomic E-state index is 5.96. The zero-order chi connectivity index (χ0) is 12.8. The molecule has 1 aromatic heterocycles. The highest BCUT2D eigenvalue weighted by molar-refractivity contribution is 7.98. The van der Waals surface area contributed by atoms with Crippen molar-refractivity contribution in [1.82, 2.24) is 4.98 Å². The molecule has 0 unspecified atom stereocenters. The Bertz CT molecular complexity index is 502. The van der Waals surface area contributed by atoms with Crippen LogP contribution in [0.3, 0.4) is 0 Å². The molecule has 0 spiro atoms. The number of rotatable bonds is 5. The fourth-order valence-electron chi connectivity index (χ4n) is 1.54. The van der Waals surface area contributed by atoms with E-state index in [2.05, 4.69) is 4.98 Å². The second-order valence-electron chi connectivity index (χ2n) is 3.78. The van der Waals surface area contributed by atoms with Crippen molar-refractivity contribution in [3.8, 4) is 5.75 Å². The van der Waals surface area contributed by atoms with E-state index in [-0.39, 0.29) is 0 Å². The van der Waals surface area contributed by atoms with Crippen LogP contribution in [0.1, 0.15) is 12.5 Å². The number of aromatic nitrogens is 1. The molecule has 0 radical (unpaired) electrons. The number of hydrogen-bond donors (Lipinski definition) is 1. The molecule has 0 aliphatic carbocycles. The van der Waals surface area contributed by atoms with Crippen LogP contribution >= 0.6 is 11.8 Å². The van der Waals surface area contributed by atoms with Crippen molar-refractivity contribution in [2.45, 2.75) is 17.6 Å². The van der Waals surface area contributed by atoms with Gasteiger partial charge in [0.2, 0.25) is 0 Å². The van der Waals surface area contributed by atoms with Crippen LogP contribution in [0.2, 0.25) is 0 Å². The first-order chi connectivity index (χ1) is 8.79. The topological polar surface area (TPSA) is 48.1 Å². The van der Waals surface area contributed by atoms with E-state index < -0.39 is 0 Å². The van der Waals surface area contributed by atoms with Gasteiger partial charge >= 0.3 is 0 Å². The van der Waals surface area contributed by atoms with Crippen LogP contribution in [0.25, 0.3) is 0 Å². The molecular weight excluding hydrogens is 244 g/mol. The fourth-order valence-corrected chi connectivity index (χ4v) is 2.49. The monoisotopic (exact) mass is 260 g/mol. The highest BCUT2D eigenvalue weighted by Crippen LogP contribution is 2.31. The quantitative estimate of drug-likeness (QED) is 0.661. The zero-order valence-electron chi connectivity index (χ0n) is 10.3. The standard InChI is InChI=1S/C14H16N2OS/c1-2-17-12-3-4-13(15)14(9-12)18-10-11-5-7-16-8-6-11/h3-9H,2,10,15H2,1H3. The molecule has 0 saturated heterocycles. The van der Waals surface area contributed by atoms with Crippen LogP contribution < -0.4 is 10.5 Å². The second kappa shape index (κ2) is 6.31. The highest BCUT2D eigenvalue weighted by Gasteiger charge is 2.03. The Labute approximate surface area is 111 Å². The number of benzene rings is 1. The van der Waals surface area contributed by atoms with Gasteiger partial charge in [-0.25, -0.2) is 0 Å². The van der Waals surface area contributed by atoms with E-state index in [1.165, 1.54) is 5.56 Å². The molecule has 4 heteroatoms. The van der Waals surface area contributed by atoms with Gasteiger partial charge in [0.25, 0.3) is 0 Å². The van der Waals surface area contributed by atoms with E-state index in [1.807, 2.05) is 37.3 Å². The Hall–Kier alpha value is -1.68. The number of ether oxygens (including phenoxy) is 1. The summed E-state index contributed by atoms with van der Waals surface area (Å²) in [6.45, 7) is 2.64. The van der Waals surface area contributed by atoms with Gasteiger partial charge in [-0.1, -0.05) is 0 Å². The first kappa shape index (κ1) is 12.8. The number of pyridine rings is 1. The normalized spacial score (nSPS) is 10.3. The Morgan fingerprint density at radius 2 is 2.00 bits per heavy atom. The predicted octanol–water partition coefficient (Wildman–Crippen LogP) is 3.35. The Morgan fingerprint density at radius 1 is 1.22 bits per heavy atom. The maximum absolute atomic E-state index is 5.96. The third-order valence-electron chi connectivity index (χ3n) is 2.44. The predicted molar refractivity (Wildman–Crippen MR) is 75.8 cm³/mol. The van der Waals surface area contributed by atoms with Crippen molar-refractivity contribution in [2.24, 2.45) is 0 Å². The molecule has 18 heavy (non-hydrogen) atoms. The minimum Gasteiger partial charge on any atom is -0.494 e. The lowest BCUT2D eigenvalue weighted by Gasteiger charge is -2.09. The van der Waals surface area contributed by atoms with E-state index in [4.69, 9.17) is 10.5 Å². The zero-order valence-corrected chi connectivity index (χ0v) is 11.1. The van der Waals surface area contributed by atoms with Crippen molar-refractivity contribution in [1.29, 1.82) is 0 Å². The van der Waals surface area contributed by atoms with Gasteiger partial charge in [0, 0.05) is 28.7 Å². The molecule has 1 aromatic carbocycles. The largest absolute Gasteiger partial charge is 0.494 e. The van der Waals surface area contributed by atoms with E-state index in [1.54, 1.807) is 24.2 Å². The third kappa shape index (κ3) is 3.40. The summed E-state index contributed by atoms with van der Waals surface area (Å²) in [5, 5.41) is 0. The maximum Gasteiger partial charge on any atom is 0.120 e. The third-order valence-corrected chi connectivity index (χ3v) is 3.58. The fraction of sp³-hybridized carbons (Fsp3) is 0.214. The lowest BCUT2D eigenvalue weighted by atomic mass is 10.3. The Kier molecular flexibility index (Phi) is 4.47. The molecule has 0 fully saturated rings. The molecule has 2 rings (SSSR count). The van der Waals surface area contributed by atoms with Gasteiger partial charge in [0.1, 0.15) is 5.75 Å². The molecule has 0 aliphatic rings. The van der Waals surface area contributed by atoms with Crippen LogP contribution in [0.5, 0.6) is 5.75 Å². The molecule has 0 atom stereocenters. The van der Waals surface area contributed by atoms with Gasteiger partial charge in [-0.3, -0.25) is 4.98 Å². The van der Waals surface area contributed by atoms with Crippen LogP contribution in [0, 0.1) is 0 Å². The summed E-state index contributed by atoms with van der Waals surface area (Å²) < 4.78 is 5.47. The first-order valence-corrected chi connectivity index (χ1v) is 6.82. The molecule has 0 amide bonds. The summed E-state index contributed by atoms with van der Waals surface area (Å²) in [5.74, 6) is 1.74. The van der Waals surface area contributed by atoms with Gasteiger partial charge in [0.05, 0.1) is 6.61 Å². The van der Waals surface area contributed by atoms with Crippen molar-refractivity contribution in [2.75, 3.05) is 12.3 Å². The van der Waals surface area contributed by atoms with E-state index >= 15 is 0 Å². The minimum absolute atomic E-state index is 0.665. The van der Waals surface area contributed by atoms with Crippen LogP contribution in [-0.2, 0) is 5.75 Å². The smallest absolute Gasteiger partial charge is 0.120 e. The molecule has 1 heterocycles. The molecule has 2 N–H and O–H groups in total. The number of anilines is 1. The highest BCUT2D eigenvalue weighted by atomic mass is 32.2. The van der Waals surface area contributed by atoms with Crippen molar-refractivity contribution < 1.29 is 4.74 Å². The van der Waals surface area contributed by atoms with Crippen LogP contribution in [0.15, 0.2) is 47.6 Å². The summed E-state index contributed by atoms with van der Waals surface area (Å²) in [4.78, 5) is 5.06. The van der Waals surface area contributed by atoms with Crippen LogP contribution in [-0.4, -0.2) is 11.6 Å². The van der Waals surface area contributed by atoms with E-state index in [0.717, 1.165) is 22.1 Å². The SMILES string of the molecule is CCOc1ccc(N)c(SCc2ccncc2)c1. The summed E-state index contributed by atoms with van der Waals surface area (Å²) in [6.07, 6.45) is 3.60. The van der Waals surface area contributed by atoms with Gasteiger partial charge in [0.15, 0.2) is 0 Å². The number of thioether (sulfide) groups is 1. The lowest BCUT2D eigenvalue weighted by Crippen LogP contribution is -1.94. The lowest BCUT2D eigenvalue weighted by molar-refractivity contribution is 0.339. The van der Waals surface area contributed by atoms with Gasteiger partial charge < -0.3 is 10.5 Å². The van der Waals surface area contributed by atoms with Gasteiger partial charge in [-0.05, 0) is 42.8 Å². The molecule has 94 valence electrons. The Balaban J connectivity index is 2.06. The Morgan fingerprint density at radius 3 is 2.72 bits per heavy atom. The van der Waals surface area contributed by atoms with Crippen LogP contribution in [0.4, 0.5) is 5.69 Å². The number of nitrogens with zero attached hydrogens (tertiary/aromatic N) is 1. The molecular formula is C14H16N2OS. The summed E-state index contributed by atoms with van der Waals surface area (Å²) in [7, 11) is 0. The number of hydrogen-bond acceptors (Lipinski definition) is 4. The van der Waals surface area contributed by atoms with Crippen molar-refractivity contribution >= 4 is 17.4 Å². The van der Waals surface area contributed by atoms with E-state index in [0.29, 0.717) is 6.61 Å². The molecule has 0 bridgehead atoms. The molecule has 2 aromatic rings.